The van der Waals surface area contributed by atoms with Crippen LogP contribution in [0.2, 0.25) is 0 Å². The number of carbonyl (C=O) groups is 1. The number of ether oxygens (including phenoxy) is 1. The van der Waals surface area contributed by atoms with Gasteiger partial charge in [0.2, 0.25) is 0 Å². The quantitative estimate of drug-likeness (QED) is 0.269. The molecule has 1 heterocycles. The van der Waals surface area contributed by atoms with Crippen molar-refractivity contribution < 1.29 is 9.53 Å². The zero-order valence-corrected chi connectivity index (χ0v) is 19.4. The van der Waals surface area contributed by atoms with Gasteiger partial charge in [0.25, 0.3) is 11.5 Å². The van der Waals surface area contributed by atoms with Gasteiger partial charge < -0.3 is 15.0 Å². The molecule has 0 atom stereocenters. The Labute approximate surface area is 202 Å². The molecule has 1 aromatic heterocycles. The summed E-state index contributed by atoms with van der Waals surface area (Å²) in [6.07, 6.45) is 1.61. The lowest BCUT2D eigenvalue weighted by molar-refractivity contribution is 0.0951. The number of nitrogens with one attached hydrogen (secondary N) is 2. The van der Waals surface area contributed by atoms with E-state index in [-0.39, 0.29) is 11.5 Å². The van der Waals surface area contributed by atoms with E-state index < -0.39 is 0 Å². The highest BCUT2D eigenvalue weighted by molar-refractivity contribution is 7.71. The maximum Gasteiger partial charge on any atom is 0.262 e. The number of nitrogens with zero attached hydrogens (tertiary/aromatic N) is 1. The Bertz CT molecular complexity index is 1420. The number of aromatic nitrogens is 2. The predicted octanol–water partition coefficient (Wildman–Crippen LogP) is 4.89. The molecule has 0 saturated heterocycles. The highest BCUT2D eigenvalue weighted by Crippen LogP contribution is 2.12. The third-order valence-electron chi connectivity index (χ3n) is 5.41. The van der Waals surface area contributed by atoms with Crippen LogP contribution >= 0.6 is 12.2 Å². The number of allylic oxidation sites excluding steroid dienone is 1. The second-order valence-electron chi connectivity index (χ2n) is 7.87. The molecule has 34 heavy (non-hydrogen) atoms. The maximum absolute atomic E-state index is 12.7. The SMILES string of the molecule is C=CCn1c(=S)[nH]c2cc(C(=O)NCc3ccc(COCc4ccccc4)cc3)ccc2c1=O. The molecule has 0 bridgehead atoms. The second-order valence-corrected chi connectivity index (χ2v) is 8.26. The lowest BCUT2D eigenvalue weighted by atomic mass is 10.1. The van der Waals surface area contributed by atoms with E-state index in [0.717, 1.165) is 16.7 Å². The van der Waals surface area contributed by atoms with E-state index in [0.29, 0.717) is 47.5 Å². The minimum Gasteiger partial charge on any atom is -0.372 e. The summed E-state index contributed by atoms with van der Waals surface area (Å²) >= 11 is 5.27. The van der Waals surface area contributed by atoms with Gasteiger partial charge in [-0.3, -0.25) is 14.2 Å². The van der Waals surface area contributed by atoms with Crippen molar-refractivity contribution in [2.45, 2.75) is 26.3 Å². The molecule has 0 spiro atoms. The zero-order chi connectivity index (χ0) is 23.9. The number of benzene rings is 3. The lowest BCUT2D eigenvalue weighted by Crippen LogP contribution is -2.24. The fourth-order valence-corrected chi connectivity index (χ4v) is 3.86. The average Bonchev–Trinajstić information content (AvgIpc) is 2.86. The van der Waals surface area contributed by atoms with Gasteiger partial charge in [-0.1, -0.05) is 60.7 Å². The van der Waals surface area contributed by atoms with E-state index in [4.69, 9.17) is 17.0 Å². The zero-order valence-electron chi connectivity index (χ0n) is 18.6. The molecule has 4 rings (SSSR count). The molecule has 6 nitrogen and oxygen atoms in total. The Morgan fingerprint density at radius 2 is 1.68 bits per heavy atom. The van der Waals surface area contributed by atoms with Gasteiger partial charge in [-0.2, -0.15) is 0 Å². The molecule has 0 aliphatic carbocycles. The van der Waals surface area contributed by atoms with Crippen molar-refractivity contribution in [2.75, 3.05) is 0 Å². The summed E-state index contributed by atoms with van der Waals surface area (Å²) in [7, 11) is 0. The van der Waals surface area contributed by atoms with Crippen molar-refractivity contribution >= 4 is 29.0 Å². The number of carbonyl (C=O) groups excluding carboxylic acids is 1. The number of fused-ring (bicyclic) bond motifs is 1. The van der Waals surface area contributed by atoms with E-state index in [1.807, 2.05) is 54.6 Å². The normalized spacial score (nSPS) is 10.8. The van der Waals surface area contributed by atoms with E-state index >= 15 is 0 Å². The Hall–Kier alpha value is -3.81. The van der Waals surface area contributed by atoms with Crippen molar-refractivity contribution in [3.63, 3.8) is 0 Å². The third kappa shape index (κ3) is 5.57. The molecule has 4 aromatic rings. The minimum atomic E-state index is -0.230. The smallest absolute Gasteiger partial charge is 0.262 e. The number of hydrogen-bond donors (Lipinski definition) is 2. The largest absolute Gasteiger partial charge is 0.372 e. The molecular formula is C27H25N3O3S. The topological polar surface area (TPSA) is 76.1 Å². The Morgan fingerprint density at radius 1 is 1.00 bits per heavy atom. The molecule has 0 saturated carbocycles. The number of hydrogen-bond acceptors (Lipinski definition) is 4. The molecule has 2 N–H and O–H groups in total. The summed E-state index contributed by atoms with van der Waals surface area (Å²) in [5.41, 5.74) is 3.95. The van der Waals surface area contributed by atoms with E-state index in [1.165, 1.54) is 4.57 Å². The van der Waals surface area contributed by atoms with E-state index in [1.54, 1.807) is 24.3 Å². The Morgan fingerprint density at radius 3 is 2.38 bits per heavy atom. The summed E-state index contributed by atoms with van der Waals surface area (Å²) in [4.78, 5) is 28.3. The fraction of sp³-hybridized carbons (Fsp3) is 0.148. The molecule has 3 aromatic carbocycles. The molecule has 7 heteroatoms. The van der Waals surface area contributed by atoms with Crippen LogP contribution in [-0.2, 0) is 31.0 Å². The van der Waals surface area contributed by atoms with Gasteiger partial charge in [0, 0.05) is 18.7 Å². The van der Waals surface area contributed by atoms with Gasteiger partial charge >= 0.3 is 0 Å². The summed E-state index contributed by atoms with van der Waals surface area (Å²) < 4.78 is 7.49. The van der Waals surface area contributed by atoms with Crippen LogP contribution in [-0.4, -0.2) is 15.5 Å². The number of aromatic amines is 1. The van der Waals surface area contributed by atoms with Crippen molar-refractivity contribution in [3.05, 3.63) is 123 Å². The first kappa shape index (κ1) is 23.4. The molecule has 0 aliphatic heterocycles. The summed E-state index contributed by atoms with van der Waals surface area (Å²) in [5.74, 6) is -0.230. The Kier molecular flexibility index (Phi) is 7.47. The third-order valence-corrected chi connectivity index (χ3v) is 5.73. The molecule has 0 unspecified atom stereocenters. The number of H-pyrrole nitrogens is 1. The minimum absolute atomic E-state index is 0.210. The van der Waals surface area contributed by atoms with Gasteiger partial charge in [-0.15, -0.1) is 6.58 Å². The number of amides is 1. The highest BCUT2D eigenvalue weighted by atomic mass is 32.1. The lowest BCUT2D eigenvalue weighted by Gasteiger charge is -2.09. The fourth-order valence-electron chi connectivity index (χ4n) is 3.59. The molecule has 172 valence electrons. The molecule has 1 amide bonds. The van der Waals surface area contributed by atoms with Gasteiger partial charge in [0.05, 0.1) is 24.1 Å². The summed E-state index contributed by atoms with van der Waals surface area (Å²) in [6, 6.07) is 22.9. The van der Waals surface area contributed by atoms with Crippen LogP contribution in [0.4, 0.5) is 0 Å². The highest BCUT2D eigenvalue weighted by Gasteiger charge is 2.10. The molecule has 0 fully saturated rings. The monoisotopic (exact) mass is 471 g/mol. The predicted molar refractivity (Wildman–Crippen MR) is 136 cm³/mol. The van der Waals surface area contributed by atoms with Crippen LogP contribution in [0.25, 0.3) is 10.9 Å². The van der Waals surface area contributed by atoms with E-state index in [2.05, 4.69) is 16.9 Å². The van der Waals surface area contributed by atoms with Gasteiger partial charge in [0.1, 0.15) is 0 Å². The van der Waals surface area contributed by atoms with Crippen LogP contribution in [0.5, 0.6) is 0 Å². The first-order valence-electron chi connectivity index (χ1n) is 10.9. The first-order chi connectivity index (χ1) is 16.5. The molecule has 0 radical (unpaired) electrons. The van der Waals surface area contributed by atoms with E-state index in [9.17, 15) is 9.59 Å². The maximum atomic E-state index is 12.7. The summed E-state index contributed by atoms with van der Waals surface area (Å²) in [5, 5.41) is 3.39. The number of rotatable bonds is 9. The van der Waals surface area contributed by atoms with Crippen molar-refractivity contribution in [1.82, 2.24) is 14.9 Å². The Balaban J connectivity index is 1.35. The van der Waals surface area contributed by atoms with Crippen molar-refractivity contribution in [3.8, 4) is 0 Å². The average molecular weight is 472 g/mol. The van der Waals surface area contributed by atoms with Crippen LogP contribution in [0.1, 0.15) is 27.0 Å². The van der Waals surface area contributed by atoms with Crippen LogP contribution in [0.15, 0.2) is 90.2 Å². The van der Waals surface area contributed by atoms with Crippen LogP contribution < -0.4 is 10.9 Å². The summed E-state index contributed by atoms with van der Waals surface area (Å²) in [6.45, 7) is 5.45. The van der Waals surface area contributed by atoms with Crippen molar-refractivity contribution in [1.29, 1.82) is 0 Å². The van der Waals surface area contributed by atoms with Crippen LogP contribution in [0, 0.1) is 4.77 Å². The van der Waals surface area contributed by atoms with Gasteiger partial charge in [0.15, 0.2) is 4.77 Å². The van der Waals surface area contributed by atoms with Gasteiger partial charge in [-0.05, 0) is 47.1 Å². The van der Waals surface area contributed by atoms with Gasteiger partial charge in [-0.25, -0.2) is 0 Å². The molecular weight excluding hydrogens is 446 g/mol. The standard InChI is InChI=1S/C27H25N3O3S/c1-2-14-30-26(32)23-13-12-22(15-24(23)29-27(30)34)25(31)28-16-19-8-10-21(11-9-19)18-33-17-20-6-4-3-5-7-20/h2-13,15H,1,14,16-18H2,(H,28,31)(H,29,34). The second kappa shape index (κ2) is 10.9. The first-order valence-corrected chi connectivity index (χ1v) is 11.3. The van der Waals surface area contributed by atoms with Crippen molar-refractivity contribution in [2.24, 2.45) is 0 Å². The molecule has 0 aliphatic rings. The van der Waals surface area contributed by atoms with Crippen LogP contribution in [0.3, 0.4) is 0 Å².